The lowest BCUT2D eigenvalue weighted by molar-refractivity contribution is 0.575. The molecule has 0 N–H and O–H groups in total. The molecule has 2 aromatic heterocycles. The predicted octanol–water partition coefficient (Wildman–Crippen LogP) is 7.55. The lowest BCUT2D eigenvalue weighted by Gasteiger charge is -2.21. The van der Waals surface area contributed by atoms with Crippen LogP contribution in [0.25, 0.3) is 43.8 Å². The molecule has 0 spiro atoms. The number of fused-ring (bicyclic) bond motifs is 4. The molecule has 5 rings (SSSR count). The number of furan rings is 1. The molecule has 2 nitrogen and oxygen atoms in total. The summed E-state index contributed by atoms with van der Waals surface area (Å²) in [5.41, 5.74) is 3.96. The van der Waals surface area contributed by atoms with E-state index < -0.39 is 0 Å². The van der Waals surface area contributed by atoms with Crippen molar-refractivity contribution in [3.8, 4) is 11.3 Å². The molecule has 0 saturated heterocycles. The number of hydrogen-bond donors (Lipinski definition) is 0. The number of rotatable bonds is 1. The van der Waals surface area contributed by atoms with Crippen LogP contribution >= 0.6 is 0 Å². The highest BCUT2D eigenvalue weighted by Gasteiger charge is 2.21. The van der Waals surface area contributed by atoms with Gasteiger partial charge in [0.05, 0.1) is 5.69 Å². The first-order chi connectivity index (χ1) is 13.8. The van der Waals surface area contributed by atoms with Gasteiger partial charge in [-0.1, -0.05) is 45.0 Å². The van der Waals surface area contributed by atoms with E-state index in [9.17, 15) is 4.39 Å². The zero-order chi connectivity index (χ0) is 20.3. The van der Waals surface area contributed by atoms with Gasteiger partial charge in [-0.25, -0.2) is 4.39 Å². The highest BCUT2D eigenvalue weighted by Crippen LogP contribution is 2.38. The van der Waals surface area contributed by atoms with Crippen LogP contribution in [0.2, 0.25) is 0 Å². The lowest BCUT2D eigenvalue weighted by atomic mass is 9.83. The Morgan fingerprint density at radius 1 is 0.828 bits per heavy atom. The topological polar surface area (TPSA) is 26.0 Å². The van der Waals surface area contributed by atoms with Gasteiger partial charge >= 0.3 is 0 Å². The second kappa shape index (κ2) is 6.15. The van der Waals surface area contributed by atoms with Crippen molar-refractivity contribution in [2.75, 3.05) is 0 Å². The van der Waals surface area contributed by atoms with E-state index in [2.05, 4.69) is 39.0 Å². The minimum Gasteiger partial charge on any atom is -0.461 e. The van der Waals surface area contributed by atoms with Gasteiger partial charge in [0, 0.05) is 27.9 Å². The SMILES string of the molecule is Cc1cc2c(C(C)(C)C)cc(-c3nccc4c3ccc3c(F)cccc34)cc2o1. The van der Waals surface area contributed by atoms with E-state index in [4.69, 9.17) is 9.40 Å². The molecule has 3 heteroatoms. The highest BCUT2D eigenvalue weighted by molar-refractivity contribution is 6.11. The Morgan fingerprint density at radius 2 is 1.59 bits per heavy atom. The maximum Gasteiger partial charge on any atom is 0.135 e. The molecule has 0 amide bonds. The van der Waals surface area contributed by atoms with Crippen LogP contribution in [0.3, 0.4) is 0 Å². The fourth-order valence-corrected chi connectivity index (χ4v) is 4.24. The molecule has 0 unspecified atom stereocenters. The molecule has 0 atom stereocenters. The smallest absolute Gasteiger partial charge is 0.135 e. The van der Waals surface area contributed by atoms with Crippen LogP contribution in [-0.4, -0.2) is 4.98 Å². The molecule has 144 valence electrons. The summed E-state index contributed by atoms with van der Waals surface area (Å²) in [5, 5.41) is 4.68. The Bertz CT molecular complexity index is 1410. The number of halogens is 1. The molecule has 0 aliphatic heterocycles. The van der Waals surface area contributed by atoms with E-state index >= 15 is 0 Å². The first kappa shape index (κ1) is 17.9. The Hall–Kier alpha value is -3.20. The third-order valence-electron chi connectivity index (χ3n) is 5.59. The predicted molar refractivity (Wildman–Crippen MR) is 118 cm³/mol. The van der Waals surface area contributed by atoms with Gasteiger partial charge in [0.2, 0.25) is 0 Å². The Kier molecular flexibility index (Phi) is 3.79. The third kappa shape index (κ3) is 2.80. The van der Waals surface area contributed by atoms with Crippen molar-refractivity contribution in [1.29, 1.82) is 0 Å². The average molecular weight is 383 g/mol. The third-order valence-corrected chi connectivity index (χ3v) is 5.59. The van der Waals surface area contributed by atoms with Crippen LogP contribution in [0.5, 0.6) is 0 Å². The summed E-state index contributed by atoms with van der Waals surface area (Å²) in [6.45, 7) is 8.60. The fourth-order valence-electron chi connectivity index (χ4n) is 4.24. The first-order valence-electron chi connectivity index (χ1n) is 9.84. The molecule has 29 heavy (non-hydrogen) atoms. The average Bonchev–Trinajstić information content (AvgIpc) is 3.06. The summed E-state index contributed by atoms with van der Waals surface area (Å²) < 4.78 is 20.3. The molecular formula is C26H22FNO. The molecule has 3 aromatic carbocycles. The van der Waals surface area contributed by atoms with E-state index in [-0.39, 0.29) is 11.2 Å². The van der Waals surface area contributed by atoms with E-state index in [0.29, 0.717) is 5.39 Å². The van der Waals surface area contributed by atoms with Gasteiger partial charge in [-0.05, 0) is 59.0 Å². The number of aromatic nitrogens is 1. The maximum atomic E-state index is 14.3. The van der Waals surface area contributed by atoms with Gasteiger partial charge in [0.25, 0.3) is 0 Å². The Labute approximate surface area is 169 Å². The largest absolute Gasteiger partial charge is 0.461 e. The molecule has 5 aromatic rings. The van der Waals surface area contributed by atoms with Gasteiger partial charge in [0.15, 0.2) is 0 Å². The zero-order valence-electron chi connectivity index (χ0n) is 17.0. The van der Waals surface area contributed by atoms with Crippen molar-refractivity contribution in [2.45, 2.75) is 33.1 Å². The highest BCUT2D eigenvalue weighted by atomic mass is 19.1. The van der Waals surface area contributed by atoms with Crippen LogP contribution in [0, 0.1) is 12.7 Å². The van der Waals surface area contributed by atoms with Crippen LogP contribution < -0.4 is 0 Å². The summed E-state index contributed by atoms with van der Waals surface area (Å²) in [4.78, 5) is 4.71. The number of benzene rings is 3. The first-order valence-corrected chi connectivity index (χ1v) is 9.84. The number of hydrogen-bond acceptors (Lipinski definition) is 2. The Balaban J connectivity index is 1.85. The monoisotopic (exact) mass is 383 g/mol. The van der Waals surface area contributed by atoms with Crippen molar-refractivity contribution < 1.29 is 8.81 Å². The minimum absolute atomic E-state index is 0.0367. The lowest BCUT2D eigenvalue weighted by Crippen LogP contribution is -2.11. The summed E-state index contributed by atoms with van der Waals surface area (Å²) in [6, 6.07) is 17.4. The van der Waals surface area contributed by atoms with Crippen LogP contribution in [0.15, 0.2) is 65.2 Å². The van der Waals surface area contributed by atoms with Gasteiger partial charge in [-0.15, -0.1) is 0 Å². The quantitative estimate of drug-likeness (QED) is 0.279. The molecule has 0 radical (unpaired) electrons. The molecule has 0 aliphatic carbocycles. The van der Waals surface area contributed by atoms with Gasteiger partial charge < -0.3 is 4.42 Å². The van der Waals surface area contributed by atoms with Crippen molar-refractivity contribution in [3.63, 3.8) is 0 Å². The molecular weight excluding hydrogens is 361 g/mol. The summed E-state index contributed by atoms with van der Waals surface area (Å²) in [5.74, 6) is 0.695. The summed E-state index contributed by atoms with van der Waals surface area (Å²) >= 11 is 0. The minimum atomic E-state index is -0.203. The number of aryl methyl sites for hydroxylation is 1. The molecule has 0 fully saturated rings. The van der Waals surface area contributed by atoms with Crippen LogP contribution in [0.1, 0.15) is 32.1 Å². The standard InChI is InChI=1S/C26H22FNO/c1-15-12-21-22(26(2,3)4)13-16(14-24(21)29-15)25-20-9-8-19-17(6-5-7-23(19)27)18(20)10-11-28-25/h5-14H,1-4H3. The summed E-state index contributed by atoms with van der Waals surface area (Å²) in [7, 11) is 0. The van der Waals surface area contributed by atoms with Crippen molar-refractivity contribution >= 4 is 32.5 Å². The fraction of sp³-hybridized carbons (Fsp3) is 0.192. The van der Waals surface area contributed by atoms with Crippen molar-refractivity contribution in [2.24, 2.45) is 0 Å². The van der Waals surface area contributed by atoms with E-state index in [0.717, 1.165) is 44.1 Å². The normalized spacial score (nSPS) is 12.3. The molecule has 0 bridgehead atoms. The number of pyridine rings is 1. The van der Waals surface area contributed by atoms with E-state index in [1.165, 1.54) is 11.6 Å². The van der Waals surface area contributed by atoms with Crippen LogP contribution in [0.4, 0.5) is 4.39 Å². The summed E-state index contributed by atoms with van der Waals surface area (Å²) in [6.07, 6.45) is 1.80. The van der Waals surface area contributed by atoms with E-state index in [1.807, 2.05) is 31.2 Å². The number of nitrogens with zero attached hydrogens (tertiary/aromatic N) is 1. The molecule has 0 aliphatic rings. The van der Waals surface area contributed by atoms with Crippen LogP contribution in [-0.2, 0) is 5.41 Å². The second-order valence-electron chi connectivity index (χ2n) is 8.70. The van der Waals surface area contributed by atoms with Crippen molar-refractivity contribution in [3.05, 3.63) is 77.9 Å². The van der Waals surface area contributed by atoms with Crippen molar-refractivity contribution in [1.82, 2.24) is 4.98 Å². The van der Waals surface area contributed by atoms with E-state index in [1.54, 1.807) is 12.3 Å². The Morgan fingerprint density at radius 3 is 2.38 bits per heavy atom. The van der Waals surface area contributed by atoms with Gasteiger partial charge in [0.1, 0.15) is 17.2 Å². The molecule has 2 heterocycles. The van der Waals surface area contributed by atoms with Gasteiger partial charge in [-0.3, -0.25) is 4.98 Å². The maximum absolute atomic E-state index is 14.3. The second-order valence-corrected chi connectivity index (χ2v) is 8.70. The zero-order valence-corrected chi connectivity index (χ0v) is 17.0. The van der Waals surface area contributed by atoms with Gasteiger partial charge in [-0.2, -0.15) is 0 Å². The molecule has 0 saturated carbocycles.